The van der Waals surface area contributed by atoms with E-state index < -0.39 is 24.1 Å². The number of benzene rings is 2. The van der Waals surface area contributed by atoms with E-state index in [2.05, 4.69) is 0 Å². The molecule has 2 aromatic rings. The molecule has 0 aliphatic carbocycles. The first-order valence-corrected chi connectivity index (χ1v) is 9.30. The van der Waals surface area contributed by atoms with E-state index in [1.54, 1.807) is 13.8 Å². The van der Waals surface area contributed by atoms with Crippen LogP contribution >= 0.6 is 0 Å². The third kappa shape index (κ3) is 6.79. The average Bonchev–Trinajstić information content (AvgIpc) is 2.72. The topological polar surface area (TPSA) is 71.1 Å². The van der Waals surface area contributed by atoms with Crippen LogP contribution in [0.15, 0.2) is 60.7 Å². The van der Waals surface area contributed by atoms with Gasteiger partial charge in [-0.2, -0.15) is 0 Å². The summed E-state index contributed by atoms with van der Waals surface area (Å²) in [5, 5.41) is 0. The molecular formula is C22H26O6. The molecule has 0 aliphatic rings. The SMILES string of the molecule is CCOC(=O)[C@H](OCc1ccccc1)[C@@H](OCc1ccccc1)C(=O)OCC. The summed E-state index contributed by atoms with van der Waals surface area (Å²) in [7, 11) is 0. The molecule has 2 aromatic carbocycles. The summed E-state index contributed by atoms with van der Waals surface area (Å²) in [4.78, 5) is 25.0. The average molecular weight is 386 g/mol. The van der Waals surface area contributed by atoms with Crippen LogP contribution in [0.2, 0.25) is 0 Å². The fourth-order valence-electron chi connectivity index (χ4n) is 2.53. The number of esters is 2. The Bertz CT molecular complexity index is 653. The Balaban J connectivity index is 2.17. The van der Waals surface area contributed by atoms with Gasteiger partial charge in [0.2, 0.25) is 0 Å². The van der Waals surface area contributed by atoms with Gasteiger partial charge in [0, 0.05) is 0 Å². The maximum atomic E-state index is 12.5. The van der Waals surface area contributed by atoms with Crippen molar-refractivity contribution in [3.8, 4) is 0 Å². The van der Waals surface area contributed by atoms with Crippen LogP contribution in [-0.2, 0) is 41.8 Å². The highest BCUT2D eigenvalue weighted by Gasteiger charge is 2.38. The van der Waals surface area contributed by atoms with Gasteiger partial charge in [0.25, 0.3) is 0 Å². The first-order valence-electron chi connectivity index (χ1n) is 9.30. The van der Waals surface area contributed by atoms with E-state index in [1.807, 2.05) is 60.7 Å². The summed E-state index contributed by atoms with van der Waals surface area (Å²) in [5.74, 6) is -1.32. The van der Waals surface area contributed by atoms with E-state index in [0.29, 0.717) is 0 Å². The second-order valence-electron chi connectivity index (χ2n) is 5.94. The quantitative estimate of drug-likeness (QED) is 0.552. The van der Waals surface area contributed by atoms with Gasteiger partial charge in [-0.15, -0.1) is 0 Å². The van der Waals surface area contributed by atoms with Gasteiger partial charge in [0.15, 0.2) is 12.2 Å². The number of carbonyl (C=O) groups is 2. The molecule has 0 radical (unpaired) electrons. The standard InChI is InChI=1S/C22H26O6/c1-3-25-21(23)19(27-15-17-11-7-5-8-12-17)20(22(24)26-4-2)28-16-18-13-9-6-10-14-18/h5-14,19-20H,3-4,15-16H2,1-2H3/t19-,20-/m1/s1. The molecule has 0 saturated carbocycles. The Kier molecular flexibility index (Phi) is 9.18. The molecule has 0 fully saturated rings. The van der Waals surface area contributed by atoms with Gasteiger partial charge in [-0.05, 0) is 25.0 Å². The molecule has 2 rings (SSSR count). The lowest BCUT2D eigenvalue weighted by molar-refractivity contribution is -0.185. The molecule has 0 aromatic heterocycles. The van der Waals surface area contributed by atoms with Crippen molar-refractivity contribution in [1.82, 2.24) is 0 Å². The van der Waals surface area contributed by atoms with Crippen LogP contribution in [0.1, 0.15) is 25.0 Å². The number of hydrogen-bond acceptors (Lipinski definition) is 6. The van der Waals surface area contributed by atoms with Crippen LogP contribution in [-0.4, -0.2) is 37.4 Å². The highest BCUT2D eigenvalue weighted by atomic mass is 16.6. The van der Waals surface area contributed by atoms with Gasteiger partial charge in [0.05, 0.1) is 26.4 Å². The summed E-state index contributed by atoms with van der Waals surface area (Å²) >= 11 is 0. The first-order chi connectivity index (χ1) is 13.7. The summed E-state index contributed by atoms with van der Waals surface area (Å²) in [6.45, 7) is 3.98. The van der Waals surface area contributed by atoms with Gasteiger partial charge in [-0.1, -0.05) is 60.7 Å². The minimum atomic E-state index is -1.23. The van der Waals surface area contributed by atoms with E-state index in [9.17, 15) is 9.59 Å². The smallest absolute Gasteiger partial charge is 0.338 e. The van der Waals surface area contributed by atoms with E-state index in [1.165, 1.54) is 0 Å². The highest BCUT2D eigenvalue weighted by molar-refractivity contribution is 5.85. The van der Waals surface area contributed by atoms with Crippen molar-refractivity contribution >= 4 is 11.9 Å². The van der Waals surface area contributed by atoms with Crippen LogP contribution in [0.25, 0.3) is 0 Å². The Labute approximate surface area is 165 Å². The predicted molar refractivity (Wildman–Crippen MR) is 103 cm³/mol. The van der Waals surface area contributed by atoms with Gasteiger partial charge < -0.3 is 18.9 Å². The molecule has 150 valence electrons. The zero-order valence-corrected chi connectivity index (χ0v) is 16.2. The first kappa shape index (κ1) is 21.6. The van der Waals surface area contributed by atoms with Gasteiger partial charge >= 0.3 is 11.9 Å². The van der Waals surface area contributed by atoms with E-state index >= 15 is 0 Å². The number of hydrogen-bond donors (Lipinski definition) is 0. The Morgan fingerprint density at radius 3 is 1.36 bits per heavy atom. The van der Waals surface area contributed by atoms with Crippen molar-refractivity contribution in [2.45, 2.75) is 39.3 Å². The fourth-order valence-corrected chi connectivity index (χ4v) is 2.53. The normalized spacial score (nSPS) is 12.8. The molecule has 28 heavy (non-hydrogen) atoms. The largest absolute Gasteiger partial charge is 0.464 e. The molecular weight excluding hydrogens is 360 g/mol. The maximum Gasteiger partial charge on any atom is 0.338 e. The van der Waals surface area contributed by atoms with Gasteiger partial charge in [-0.3, -0.25) is 0 Å². The highest BCUT2D eigenvalue weighted by Crippen LogP contribution is 2.15. The molecule has 0 N–H and O–H groups in total. The van der Waals surface area contributed by atoms with Crippen LogP contribution in [0.4, 0.5) is 0 Å². The third-order valence-electron chi connectivity index (χ3n) is 3.86. The summed E-state index contributed by atoms with van der Waals surface area (Å²) in [6, 6.07) is 18.7. The van der Waals surface area contributed by atoms with E-state index in [0.717, 1.165) is 11.1 Å². The monoisotopic (exact) mass is 386 g/mol. The van der Waals surface area contributed by atoms with Crippen LogP contribution < -0.4 is 0 Å². The Morgan fingerprint density at radius 1 is 0.679 bits per heavy atom. The minimum Gasteiger partial charge on any atom is -0.464 e. The number of carbonyl (C=O) groups excluding carboxylic acids is 2. The summed E-state index contributed by atoms with van der Waals surface area (Å²) in [6.07, 6.45) is -2.47. The third-order valence-corrected chi connectivity index (χ3v) is 3.86. The Morgan fingerprint density at radius 2 is 1.04 bits per heavy atom. The molecule has 0 spiro atoms. The lowest BCUT2D eigenvalue weighted by Gasteiger charge is -2.24. The van der Waals surface area contributed by atoms with Gasteiger partial charge in [0.1, 0.15) is 0 Å². The fraction of sp³-hybridized carbons (Fsp3) is 0.364. The number of rotatable bonds is 11. The molecule has 0 bridgehead atoms. The van der Waals surface area contributed by atoms with Crippen LogP contribution in [0, 0.1) is 0 Å². The lowest BCUT2D eigenvalue weighted by Crippen LogP contribution is -2.45. The molecule has 0 aliphatic heterocycles. The molecule has 6 nitrogen and oxygen atoms in total. The van der Waals surface area contributed by atoms with Gasteiger partial charge in [-0.25, -0.2) is 9.59 Å². The number of ether oxygens (including phenoxy) is 4. The zero-order chi connectivity index (χ0) is 20.2. The van der Waals surface area contributed by atoms with Crippen molar-refractivity contribution in [2.24, 2.45) is 0 Å². The van der Waals surface area contributed by atoms with Crippen LogP contribution in [0.3, 0.4) is 0 Å². The molecule has 0 saturated heterocycles. The van der Waals surface area contributed by atoms with Crippen molar-refractivity contribution in [1.29, 1.82) is 0 Å². The van der Waals surface area contributed by atoms with Crippen molar-refractivity contribution in [2.75, 3.05) is 13.2 Å². The van der Waals surface area contributed by atoms with Crippen molar-refractivity contribution in [3.05, 3.63) is 71.8 Å². The second kappa shape index (κ2) is 11.9. The van der Waals surface area contributed by atoms with Crippen LogP contribution in [0.5, 0.6) is 0 Å². The molecule has 0 heterocycles. The molecule has 0 unspecified atom stereocenters. The molecule has 2 atom stereocenters. The second-order valence-corrected chi connectivity index (χ2v) is 5.94. The minimum absolute atomic E-state index is 0.134. The van der Waals surface area contributed by atoms with Crippen molar-refractivity contribution in [3.63, 3.8) is 0 Å². The lowest BCUT2D eigenvalue weighted by atomic mass is 10.1. The van der Waals surface area contributed by atoms with E-state index in [4.69, 9.17) is 18.9 Å². The van der Waals surface area contributed by atoms with E-state index in [-0.39, 0.29) is 26.4 Å². The predicted octanol–water partition coefficient (Wildman–Crippen LogP) is 3.28. The van der Waals surface area contributed by atoms with Crippen molar-refractivity contribution < 1.29 is 28.5 Å². The maximum absolute atomic E-state index is 12.5. The molecule has 0 amide bonds. The summed E-state index contributed by atoms with van der Waals surface area (Å²) in [5.41, 5.74) is 1.73. The molecule has 6 heteroatoms. The zero-order valence-electron chi connectivity index (χ0n) is 16.2. The Hall–Kier alpha value is -2.70. The summed E-state index contributed by atoms with van der Waals surface area (Å²) < 4.78 is 21.7.